The first-order chi connectivity index (χ1) is 25.1. The quantitative estimate of drug-likeness (QED) is 0.127. The van der Waals surface area contributed by atoms with Gasteiger partial charge in [-0.25, -0.2) is 0 Å². The molecule has 6 aromatic carbocycles. The van der Waals surface area contributed by atoms with Crippen molar-refractivity contribution in [2.45, 2.75) is 20.8 Å². The van der Waals surface area contributed by atoms with Crippen LogP contribution in [0, 0.1) is 5.14 Å². The third kappa shape index (κ3) is 9.00. The van der Waals surface area contributed by atoms with Crippen LogP contribution < -0.4 is 56.6 Å². The fourth-order valence-electron chi connectivity index (χ4n) is 6.28. The van der Waals surface area contributed by atoms with Crippen LogP contribution in [0.5, 0.6) is 0 Å². The van der Waals surface area contributed by atoms with Crippen molar-refractivity contribution in [3.63, 3.8) is 0 Å². The summed E-state index contributed by atoms with van der Waals surface area (Å²) < 4.78 is 53.1. The summed E-state index contributed by atoms with van der Waals surface area (Å²) >= 11 is 2.56. The molecule has 0 fully saturated rings. The van der Waals surface area contributed by atoms with Crippen molar-refractivity contribution in [2.75, 3.05) is 0 Å². The van der Waals surface area contributed by atoms with E-state index in [1.807, 2.05) is 136 Å². The van der Waals surface area contributed by atoms with Gasteiger partial charge >= 0.3 is 79.1 Å². The molecule has 0 saturated heterocycles. The van der Waals surface area contributed by atoms with Crippen molar-refractivity contribution in [3.05, 3.63) is 197 Å². The SMILES string of the molecule is CC1=[As][As]([Zr+3])C(C)=C1C.O=P(c1ccccc1)(c1ccccc1)[C-](P(=O)(c1ccccc1)c1ccccc1)P(=O)(c1ccccc1)c1ccccc1.[Cl-].[Cl-]. The monoisotopic (exact) mass is 1010 g/mol. The fourth-order valence-corrected chi connectivity index (χ4v) is 44.3. The van der Waals surface area contributed by atoms with Gasteiger partial charge in [0.05, 0.1) is 0 Å². The van der Waals surface area contributed by atoms with E-state index in [2.05, 4.69) is 20.8 Å². The van der Waals surface area contributed by atoms with Crippen molar-refractivity contribution in [2.24, 2.45) is 0 Å². The van der Waals surface area contributed by atoms with Gasteiger partial charge in [-0.15, -0.1) is 0 Å². The van der Waals surface area contributed by atoms with Crippen molar-refractivity contribution in [3.8, 4) is 0 Å². The summed E-state index contributed by atoms with van der Waals surface area (Å²) in [5.74, 6) is 0. The molecule has 3 nitrogen and oxygen atoms in total. The van der Waals surface area contributed by atoms with Crippen LogP contribution in [0.1, 0.15) is 20.8 Å². The molecule has 6 aromatic rings. The Kier molecular flexibility index (Phi) is 16.7. The van der Waals surface area contributed by atoms with E-state index < -0.39 is 21.4 Å². The maximum Gasteiger partial charge on any atom is 0.0277 e. The van der Waals surface area contributed by atoms with Crippen LogP contribution in [0.4, 0.5) is 0 Å². The number of hydrogen-bond donors (Lipinski definition) is 0. The number of halogens is 2. The molecule has 1 unspecified atom stereocenters. The van der Waals surface area contributed by atoms with E-state index in [4.69, 9.17) is 0 Å². The second-order valence-electron chi connectivity index (χ2n) is 12.3. The Balaban J connectivity index is 0.000000520. The largest absolute Gasteiger partial charge is 1.00 e. The summed E-state index contributed by atoms with van der Waals surface area (Å²) in [5.41, 5.74) is 1.67. The van der Waals surface area contributed by atoms with E-state index in [-0.39, 0.29) is 38.7 Å². The van der Waals surface area contributed by atoms with E-state index >= 15 is 13.7 Å². The molecule has 0 radical (unpaired) electrons. The Labute approximate surface area is 354 Å². The molecule has 272 valence electrons. The number of benzene rings is 6. The van der Waals surface area contributed by atoms with E-state index in [9.17, 15) is 0 Å². The molecule has 0 spiro atoms. The van der Waals surface area contributed by atoms with Gasteiger partial charge in [0.25, 0.3) is 0 Å². The maximum absolute atomic E-state index is 16.5. The first-order valence-electron chi connectivity index (χ1n) is 16.9. The summed E-state index contributed by atoms with van der Waals surface area (Å²) in [5, 5.41) is 2.96. The van der Waals surface area contributed by atoms with Gasteiger partial charge in [0.1, 0.15) is 0 Å². The van der Waals surface area contributed by atoms with E-state index in [1.54, 1.807) is 82.7 Å². The molecule has 0 saturated carbocycles. The van der Waals surface area contributed by atoms with Crippen LogP contribution in [0.25, 0.3) is 0 Å². The Morgan fingerprint density at radius 3 is 0.759 bits per heavy atom. The zero-order valence-electron chi connectivity index (χ0n) is 30.0. The molecule has 0 aromatic heterocycles. The van der Waals surface area contributed by atoms with Gasteiger partial charge in [0, 0.05) is 21.4 Å². The summed E-state index contributed by atoms with van der Waals surface area (Å²) in [6.45, 7) is 6.99. The minimum atomic E-state index is -4.05. The van der Waals surface area contributed by atoms with Crippen molar-refractivity contribution in [1.82, 2.24) is 0 Å². The van der Waals surface area contributed by atoms with Gasteiger partial charge in [-0.2, -0.15) is 0 Å². The summed E-state index contributed by atoms with van der Waals surface area (Å²) in [6.07, 6.45) is 0. The molecule has 0 N–H and O–H groups in total. The van der Waals surface area contributed by atoms with E-state index in [1.165, 1.54) is 0 Å². The molecule has 0 bridgehead atoms. The molecule has 11 heteroatoms. The summed E-state index contributed by atoms with van der Waals surface area (Å²) in [7, 11) is -12.4. The second kappa shape index (κ2) is 20.1. The fraction of sp³-hybridized carbons (Fsp3) is 0.0698. The first-order valence-corrected chi connectivity index (χ1v) is 35.7. The topological polar surface area (TPSA) is 51.2 Å². The van der Waals surface area contributed by atoms with Crippen LogP contribution in [0.2, 0.25) is 0 Å². The van der Waals surface area contributed by atoms with E-state index in [0.717, 1.165) is 0 Å². The van der Waals surface area contributed by atoms with Gasteiger partial charge in [0.15, 0.2) is 0 Å². The zero-order chi connectivity index (χ0) is 36.8. The number of rotatable bonds is 9. The normalized spacial score (nSPS) is 14.6. The average molecular weight is 1010 g/mol. The maximum atomic E-state index is 16.5. The molecule has 7 rings (SSSR count). The number of hydrogen-bond acceptors (Lipinski definition) is 3. The first kappa shape index (κ1) is 44.9. The minimum absolute atomic E-state index is 0. The van der Waals surface area contributed by atoms with Crippen molar-refractivity contribution in [1.29, 1.82) is 0 Å². The molecule has 1 atom stereocenters. The molecular formula is C43H39As2Cl2O3P3Zr. The van der Waals surface area contributed by atoms with Gasteiger partial charge in [-0.05, 0) is 31.8 Å². The zero-order valence-corrected chi connectivity index (χ0v) is 40.4. The van der Waals surface area contributed by atoms with Gasteiger partial charge in [-0.1, -0.05) is 187 Å². The van der Waals surface area contributed by atoms with Gasteiger partial charge in [-0.3, -0.25) is 0 Å². The molecule has 54 heavy (non-hydrogen) atoms. The molecule has 1 aliphatic heterocycles. The Bertz CT molecular complexity index is 1970. The molecular weight excluding hydrogens is 969 g/mol. The smallest absolute Gasteiger partial charge is 0.0277 e. The predicted octanol–water partition coefficient (Wildman–Crippen LogP) is 2.29. The van der Waals surface area contributed by atoms with Crippen molar-refractivity contribution >= 4 is 79.6 Å². The molecule has 0 amide bonds. The average Bonchev–Trinajstić information content (AvgIpc) is 3.44. The second-order valence-corrected chi connectivity index (χ2v) is 48.7. The van der Waals surface area contributed by atoms with Crippen LogP contribution in [-0.2, 0) is 35.8 Å². The van der Waals surface area contributed by atoms with Crippen LogP contribution in [-0.4, -0.2) is 26.3 Å². The van der Waals surface area contributed by atoms with Crippen LogP contribution in [0.15, 0.2) is 192 Å². The number of allylic oxidation sites excluding steroid dienone is 2. The van der Waals surface area contributed by atoms with Gasteiger partial charge in [0.2, 0.25) is 0 Å². The van der Waals surface area contributed by atoms with E-state index in [0.29, 0.717) is 45.1 Å². The molecule has 1 aliphatic rings. The van der Waals surface area contributed by atoms with Crippen LogP contribution in [0.3, 0.4) is 0 Å². The summed E-state index contributed by atoms with van der Waals surface area (Å²) in [4.78, 5) is 0. The molecule has 1 heterocycles. The third-order valence-corrected chi connectivity index (χ3v) is 45.6. The Morgan fingerprint density at radius 2 is 0.630 bits per heavy atom. The summed E-state index contributed by atoms with van der Waals surface area (Å²) in [6, 6.07) is 54.7. The third-order valence-electron chi connectivity index (χ3n) is 9.22. The standard InChI is InChI=1S/C37H30O3P3.C6H9As2.2ClH.Zr/c38-41(31-19-7-1-8-20-31,32-21-9-2-10-22-32)37(42(39,33-23-11-3-12-24-33)34-25-13-4-14-26-34)43(40,35-27-15-5-16-28-35)36-29-17-6-18-30-36;1-4-5(2)7-8-6(4)3;;;/h1-30H;1-3H3;2*1H;/q2*-1;;;+4/p-2. The Hall–Kier alpha value is -1.80. The van der Waals surface area contributed by atoms with Crippen LogP contribution >= 0.6 is 21.4 Å². The predicted molar refractivity (Wildman–Crippen MR) is 223 cm³/mol. The Morgan fingerprint density at radius 1 is 0.426 bits per heavy atom. The minimum Gasteiger partial charge on any atom is -1.00 e. The van der Waals surface area contributed by atoms with Crippen molar-refractivity contribution < 1.29 is 60.6 Å². The van der Waals surface area contributed by atoms with Gasteiger partial charge < -0.3 is 38.5 Å². The molecule has 0 aliphatic carbocycles.